The molecule has 1 aromatic rings. The van der Waals surface area contributed by atoms with Crippen molar-refractivity contribution in [3.05, 3.63) is 35.4 Å². The van der Waals surface area contributed by atoms with Gasteiger partial charge in [0.2, 0.25) is 5.91 Å². The van der Waals surface area contributed by atoms with Gasteiger partial charge in [-0.3, -0.25) is 9.69 Å². The van der Waals surface area contributed by atoms with Crippen LogP contribution in [-0.4, -0.2) is 42.6 Å². The van der Waals surface area contributed by atoms with Crippen molar-refractivity contribution in [2.45, 2.75) is 25.6 Å². The van der Waals surface area contributed by atoms with E-state index in [9.17, 15) is 4.79 Å². The molecule has 4 N–H and O–H groups in total. The third-order valence-corrected chi connectivity index (χ3v) is 3.41. The van der Waals surface area contributed by atoms with Crippen LogP contribution in [0.4, 0.5) is 0 Å². The molecule has 1 aromatic carbocycles. The van der Waals surface area contributed by atoms with Crippen LogP contribution < -0.4 is 11.5 Å². The lowest BCUT2D eigenvalue weighted by molar-refractivity contribution is -0.0403. The van der Waals surface area contributed by atoms with Gasteiger partial charge in [-0.15, -0.1) is 0 Å². The molecular weight excluding hydrogens is 242 g/mol. The Morgan fingerprint density at radius 3 is 2.74 bits per heavy atom. The molecule has 1 saturated heterocycles. The Morgan fingerprint density at radius 2 is 2.16 bits per heavy atom. The van der Waals surface area contributed by atoms with E-state index in [2.05, 4.69) is 4.90 Å². The normalized spacial score (nSPS) is 22.1. The minimum absolute atomic E-state index is 0.0417. The molecule has 1 aliphatic rings. The number of nitrogens with two attached hydrogens (primary N) is 2. The van der Waals surface area contributed by atoms with E-state index in [1.807, 2.05) is 19.1 Å². The van der Waals surface area contributed by atoms with Crippen molar-refractivity contribution >= 4 is 5.91 Å². The zero-order chi connectivity index (χ0) is 13.8. The van der Waals surface area contributed by atoms with Crippen molar-refractivity contribution < 1.29 is 9.53 Å². The Bertz CT molecular complexity index is 431. The molecule has 0 spiro atoms. The number of ether oxygens (including phenoxy) is 1. The Morgan fingerprint density at radius 1 is 1.47 bits per heavy atom. The van der Waals surface area contributed by atoms with Crippen LogP contribution in [0.15, 0.2) is 24.3 Å². The van der Waals surface area contributed by atoms with Gasteiger partial charge < -0.3 is 16.2 Å². The van der Waals surface area contributed by atoms with Crippen molar-refractivity contribution in [2.24, 2.45) is 11.5 Å². The number of morpholine rings is 1. The maximum absolute atomic E-state index is 11.0. The van der Waals surface area contributed by atoms with Gasteiger partial charge in [0.1, 0.15) is 0 Å². The van der Waals surface area contributed by atoms with Gasteiger partial charge in [-0.2, -0.15) is 0 Å². The standard InChI is InChI=1S/C14H21N3O2/c1-10(15)13-9-17(6-7-19-13)8-11-2-4-12(5-3-11)14(16)18/h2-5,10,13H,6-9,15H2,1H3,(H2,16,18). The molecule has 5 heteroatoms. The molecule has 1 fully saturated rings. The van der Waals surface area contributed by atoms with Crippen molar-refractivity contribution in [2.75, 3.05) is 19.7 Å². The Hall–Kier alpha value is -1.43. The van der Waals surface area contributed by atoms with Crippen LogP contribution in [0.2, 0.25) is 0 Å². The van der Waals surface area contributed by atoms with Crippen LogP contribution in [0.1, 0.15) is 22.8 Å². The fraction of sp³-hybridized carbons (Fsp3) is 0.500. The van der Waals surface area contributed by atoms with Gasteiger partial charge in [0, 0.05) is 31.2 Å². The van der Waals surface area contributed by atoms with E-state index in [1.54, 1.807) is 12.1 Å². The number of hydrogen-bond acceptors (Lipinski definition) is 4. The van der Waals surface area contributed by atoms with Crippen molar-refractivity contribution in [1.29, 1.82) is 0 Å². The first-order valence-electron chi connectivity index (χ1n) is 6.54. The molecule has 104 valence electrons. The zero-order valence-corrected chi connectivity index (χ0v) is 11.2. The zero-order valence-electron chi connectivity index (χ0n) is 11.2. The first kappa shape index (κ1) is 14.0. The molecule has 5 nitrogen and oxygen atoms in total. The van der Waals surface area contributed by atoms with Crippen LogP contribution in [-0.2, 0) is 11.3 Å². The highest BCUT2D eigenvalue weighted by Crippen LogP contribution is 2.12. The lowest BCUT2D eigenvalue weighted by Crippen LogP contribution is -2.49. The number of carbonyl (C=O) groups is 1. The quantitative estimate of drug-likeness (QED) is 0.820. The smallest absolute Gasteiger partial charge is 0.248 e. The maximum atomic E-state index is 11.0. The van der Waals surface area contributed by atoms with Gasteiger partial charge in [0.25, 0.3) is 0 Å². The van der Waals surface area contributed by atoms with Gasteiger partial charge in [0.15, 0.2) is 0 Å². The highest BCUT2D eigenvalue weighted by atomic mass is 16.5. The van der Waals surface area contributed by atoms with E-state index in [1.165, 1.54) is 0 Å². The predicted molar refractivity (Wildman–Crippen MR) is 73.6 cm³/mol. The number of amides is 1. The topological polar surface area (TPSA) is 81.6 Å². The van der Waals surface area contributed by atoms with E-state index in [4.69, 9.17) is 16.2 Å². The molecule has 1 amide bonds. The number of rotatable bonds is 4. The summed E-state index contributed by atoms with van der Waals surface area (Å²) in [6, 6.07) is 7.45. The molecule has 2 rings (SSSR count). The van der Waals surface area contributed by atoms with Gasteiger partial charge in [-0.25, -0.2) is 0 Å². The van der Waals surface area contributed by atoms with Crippen molar-refractivity contribution in [3.8, 4) is 0 Å². The second-order valence-corrected chi connectivity index (χ2v) is 5.06. The number of hydrogen-bond donors (Lipinski definition) is 2. The summed E-state index contributed by atoms with van der Waals surface area (Å²) in [5, 5.41) is 0. The van der Waals surface area contributed by atoms with E-state index < -0.39 is 5.91 Å². The van der Waals surface area contributed by atoms with Gasteiger partial charge >= 0.3 is 0 Å². The van der Waals surface area contributed by atoms with Crippen molar-refractivity contribution in [3.63, 3.8) is 0 Å². The molecular formula is C14H21N3O2. The van der Waals surface area contributed by atoms with Crippen LogP contribution in [0.3, 0.4) is 0 Å². The summed E-state index contributed by atoms with van der Waals surface area (Å²) >= 11 is 0. The first-order valence-corrected chi connectivity index (χ1v) is 6.54. The van der Waals surface area contributed by atoms with Gasteiger partial charge in [0.05, 0.1) is 12.7 Å². The van der Waals surface area contributed by atoms with Gasteiger partial charge in [-0.05, 0) is 24.6 Å². The fourth-order valence-corrected chi connectivity index (χ4v) is 2.23. The van der Waals surface area contributed by atoms with Gasteiger partial charge in [-0.1, -0.05) is 12.1 Å². The monoisotopic (exact) mass is 263 g/mol. The van der Waals surface area contributed by atoms with E-state index >= 15 is 0 Å². The lowest BCUT2D eigenvalue weighted by atomic mass is 10.1. The first-order chi connectivity index (χ1) is 9.06. The minimum atomic E-state index is -0.394. The van der Waals surface area contributed by atoms with E-state index in [0.717, 1.165) is 25.2 Å². The number of benzene rings is 1. The largest absolute Gasteiger partial charge is 0.374 e. The predicted octanol–water partition coefficient (Wildman–Crippen LogP) is 0.334. The molecule has 2 unspecified atom stereocenters. The Labute approximate surface area is 113 Å². The highest BCUT2D eigenvalue weighted by Gasteiger charge is 2.23. The molecule has 2 atom stereocenters. The fourth-order valence-electron chi connectivity index (χ4n) is 2.23. The summed E-state index contributed by atoms with van der Waals surface area (Å²) in [4.78, 5) is 13.3. The summed E-state index contributed by atoms with van der Waals surface area (Å²) in [5.41, 5.74) is 12.8. The summed E-state index contributed by atoms with van der Waals surface area (Å²) in [7, 11) is 0. The maximum Gasteiger partial charge on any atom is 0.248 e. The van der Waals surface area contributed by atoms with E-state index in [0.29, 0.717) is 12.2 Å². The summed E-state index contributed by atoms with van der Waals surface area (Å²) < 4.78 is 5.63. The van der Waals surface area contributed by atoms with Crippen molar-refractivity contribution in [1.82, 2.24) is 4.90 Å². The molecule has 0 radical (unpaired) electrons. The van der Waals surface area contributed by atoms with Crippen LogP contribution in [0.5, 0.6) is 0 Å². The molecule has 0 aliphatic carbocycles. The number of primary amides is 1. The van der Waals surface area contributed by atoms with E-state index in [-0.39, 0.29) is 12.1 Å². The van der Waals surface area contributed by atoms with Crippen LogP contribution in [0.25, 0.3) is 0 Å². The Balaban J connectivity index is 1.95. The molecule has 1 aliphatic heterocycles. The molecule has 19 heavy (non-hydrogen) atoms. The highest BCUT2D eigenvalue weighted by molar-refractivity contribution is 5.92. The third kappa shape index (κ3) is 3.76. The number of nitrogens with zero attached hydrogens (tertiary/aromatic N) is 1. The minimum Gasteiger partial charge on any atom is -0.374 e. The van der Waals surface area contributed by atoms with Crippen LogP contribution in [0, 0.1) is 0 Å². The summed E-state index contributed by atoms with van der Waals surface area (Å²) in [6.45, 7) is 5.27. The average Bonchev–Trinajstić information content (AvgIpc) is 2.39. The Kier molecular flexibility index (Phi) is 4.52. The van der Waals surface area contributed by atoms with Crippen LogP contribution >= 0.6 is 0 Å². The summed E-state index contributed by atoms with van der Waals surface area (Å²) in [6.07, 6.45) is 0.0960. The summed E-state index contributed by atoms with van der Waals surface area (Å²) in [5.74, 6) is -0.394. The molecule has 0 aromatic heterocycles. The molecule has 0 saturated carbocycles. The SMILES string of the molecule is CC(N)C1CN(Cc2ccc(C(N)=O)cc2)CCO1. The third-order valence-electron chi connectivity index (χ3n) is 3.41. The second-order valence-electron chi connectivity index (χ2n) is 5.06. The average molecular weight is 263 g/mol. The molecule has 0 bridgehead atoms. The molecule has 1 heterocycles. The second kappa shape index (κ2) is 6.14. The lowest BCUT2D eigenvalue weighted by Gasteiger charge is -2.34. The number of carbonyl (C=O) groups excluding carboxylic acids is 1.